The molecule has 0 saturated carbocycles. The highest BCUT2D eigenvalue weighted by Gasteiger charge is 2.22. The molecule has 0 aliphatic carbocycles. The molecule has 0 radical (unpaired) electrons. The lowest BCUT2D eigenvalue weighted by atomic mass is 10.1. The molecular formula is C14H18N2O2S. The number of likely N-dealkylation sites (N-methyl/N-ethyl adjacent to an activating group) is 1. The molecular weight excluding hydrogens is 260 g/mol. The van der Waals surface area contributed by atoms with Crippen molar-refractivity contribution in [1.29, 1.82) is 0 Å². The van der Waals surface area contributed by atoms with Crippen molar-refractivity contribution >= 4 is 22.8 Å². The summed E-state index contributed by atoms with van der Waals surface area (Å²) >= 11 is 1.50. The number of hydrogen-bond acceptors (Lipinski definition) is 4. The lowest BCUT2D eigenvalue weighted by molar-refractivity contribution is -0.115. The Morgan fingerprint density at radius 2 is 2.21 bits per heavy atom. The average Bonchev–Trinajstić information content (AvgIpc) is 2.85. The van der Waals surface area contributed by atoms with E-state index < -0.39 is 0 Å². The molecule has 0 saturated heterocycles. The molecule has 1 aromatic carbocycles. The standard InChI is InChI=1S/C14H18N2O2S/c1-10(16(2)14-15-13(17)9-19-14)8-11-6-4-5-7-12(11)18-3/h4-7,10H,8-9H2,1-3H3. The molecule has 1 heterocycles. The quantitative estimate of drug-likeness (QED) is 0.846. The van der Waals surface area contributed by atoms with Gasteiger partial charge in [0.1, 0.15) is 5.75 Å². The second-order valence-electron chi connectivity index (χ2n) is 4.55. The maximum Gasteiger partial charge on any atom is 0.258 e. The number of thioether (sulfide) groups is 1. The summed E-state index contributed by atoms with van der Waals surface area (Å²) < 4.78 is 5.36. The lowest BCUT2D eigenvalue weighted by Gasteiger charge is -2.26. The van der Waals surface area contributed by atoms with Crippen molar-refractivity contribution in [2.45, 2.75) is 19.4 Å². The van der Waals surface area contributed by atoms with Gasteiger partial charge < -0.3 is 9.64 Å². The molecule has 2 rings (SSSR count). The predicted octanol–water partition coefficient (Wildman–Crippen LogP) is 2.19. The van der Waals surface area contributed by atoms with Crippen molar-refractivity contribution in [1.82, 2.24) is 4.90 Å². The van der Waals surface area contributed by atoms with Crippen molar-refractivity contribution in [3.05, 3.63) is 29.8 Å². The van der Waals surface area contributed by atoms with Crippen molar-refractivity contribution in [2.75, 3.05) is 19.9 Å². The molecule has 1 unspecified atom stereocenters. The van der Waals surface area contributed by atoms with Gasteiger partial charge in [-0.1, -0.05) is 30.0 Å². The topological polar surface area (TPSA) is 41.9 Å². The fourth-order valence-electron chi connectivity index (χ4n) is 1.99. The number of hydrogen-bond donors (Lipinski definition) is 0. The van der Waals surface area contributed by atoms with Crippen molar-refractivity contribution < 1.29 is 9.53 Å². The summed E-state index contributed by atoms with van der Waals surface area (Å²) in [4.78, 5) is 17.3. The first-order valence-corrected chi connectivity index (χ1v) is 7.19. The summed E-state index contributed by atoms with van der Waals surface area (Å²) in [6.07, 6.45) is 0.855. The first-order valence-electron chi connectivity index (χ1n) is 6.21. The number of carbonyl (C=O) groups excluding carboxylic acids is 1. The molecule has 1 atom stereocenters. The minimum Gasteiger partial charge on any atom is -0.496 e. The molecule has 0 aromatic heterocycles. The number of carbonyl (C=O) groups is 1. The van der Waals surface area contributed by atoms with Gasteiger partial charge in [-0.3, -0.25) is 4.79 Å². The van der Waals surface area contributed by atoms with Crippen LogP contribution in [0.1, 0.15) is 12.5 Å². The van der Waals surface area contributed by atoms with E-state index in [1.54, 1.807) is 7.11 Å². The Morgan fingerprint density at radius 1 is 1.47 bits per heavy atom. The van der Waals surface area contributed by atoms with Gasteiger partial charge in [0.05, 0.1) is 12.9 Å². The van der Waals surface area contributed by atoms with Gasteiger partial charge in [0, 0.05) is 13.1 Å². The monoisotopic (exact) mass is 278 g/mol. The summed E-state index contributed by atoms with van der Waals surface area (Å²) in [5, 5.41) is 0.812. The Bertz CT molecular complexity index is 502. The SMILES string of the molecule is COc1ccccc1CC(C)N(C)C1=NC(=O)CS1. The van der Waals surface area contributed by atoms with Crippen LogP contribution in [-0.2, 0) is 11.2 Å². The van der Waals surface area contributed by atoms with Crippen LogP contribution < -0.4 is 4.74 Å². The first-order chi connectivity index (χ1) is 9.11. The van der Waals surface area contributed by atoms with E-state index in [4.69, 9.17) is 4.74 Å². The number of para-hydroxylation sites is 1. The van der Waals surface area contributed by atoms with Crippen LogP contribution in [0.5, 0.6) is 5.75 Å². The number of amidine groups is 1. The van der Waals surface area contributed by atoms with E-state index >= 15 is 0 Å². The molecule has 102 valence electrons. The van der Waals surface area contributed by atoms with Gasteiger partial charge >= 0.3 is 0 Å². The third kappa shape index (κ3) is 3.29. The van der Waals surface area contributed by atoms with Crippen LogP contribution in [-0.4, -0.2) is 41.9 Å². The fraction of sp³-hybridized carbons (Fsp3) is 0.429. The van der Waals surface area contributed by atoms with E-state index in [0.29, 0.717) is 5.75 Å². The normalized spacial score (nSPS) is 16.2. The lowest BCUT2D eigenvalue weighted by Crippen LogP contribution is -2.34. The Hall–Kier alpha value is -1.49. The number of amides is 1. The van der Waals surface area contributed by atoms with Gasteiger partial charge in [-0.05, 0) is 25.0 Å². The molecule has 1 aliphatic heterocycles. The van der Waals surface area contributed by atoms with Gasteiger partial charge in [-0.15, -0.1) is 0 Å². The maximum atomic E-state index is 11.2. The second kappa shape index (κ2) is 6.10. The minimum absolute atomic E-state index is 0.0451. The number of nitrogens with zero attached hydrogens (tertiary/aromatic N) is 2. The van der Waals surface area contributed by atoms with E-state index in [1.807, 2.05) is 25.2 Å². The van der Waals surface area contributed by atoms with Crippen LogP contribution in [0.15, 0.2) is 29.3 Å². The molecule has 19 heavy (non-hydrogen) atoms. The van der Waals surface area contributed by atoms with Gasteiger partial charge in [0.2, 0.25) is 0 Å². The number of ether oxygens (including phenoxy) is 1. The first kappa shape index (κ1) is 13.9. The third-order valence-corrected chi connectivity index (χ3v) is 4.24. The smallest absolute Gasteiger partial charge is 0.258 e. The van der Waals surface area contributed by atoms with E-state index in [9.17, 15) is 4.79 Å². The Balaban J connectivity index is 2.06. The Morgan fingerprint density at radius 3 is 2.84 bits per heavy atom. The number of rotatable bonds is 4. The summed E-state index contributed by atoms with van der Waals surface area (Å²) in [6.45, 7) is 2.12. The number of methoxy groups -OCH3 is 1. The van der Waals surface area contributed by atoms with Crippen LogP contribution in [0.4, 0.5) is 0 Å². The van der Waals surface area contributed by atoms with Gasteiger partial charge in [0.15, 0.2) is 5.17 Å². The van der Waals surface area contributed by atoms with E-state index in [-0.39, 0.29) is 11.9 Å². The van der Waals surface area contributed by atoms with Crippen LogP contribution in [0.25, 0.3) is 0 Å². The largest absolute Gasteiger partial charge is 0.496 e. The molecule has 0 N–H and O–H groups in total. The zero-order valence-corrected chi connectivity index (χ0v) is 12.2. The Labute approximate surface area is 117 Å². The van der Waals surface area contributed by atoms with E-state index in [2.05, 4.69) is 22.9 Å². The summed E-state index contributed by atoms with van der Waals surface area (Å²) in [6, 6.07) is 8.27. The molecule has 1 aromatic rings. The molecule has 5 heteroatoms. The van der Waals surface area contributed by atoms with E-state index in [1.165, 1.54) is 17.3 Å². The van der Waals surface area contributed by atoms with Crippen molar-refractivity contribution in [3.8, 4) is 5.75 Å². The zero-order valence-electron chi connectivity index (χ0n) is 11.4. The summed E-state index contributed by atoms with van der Waals surface area (Å²) in [5.74, 6) is 1.32. The van der Waals surface area contributed by atoms with Crippen LogP contribution in [0.3, 0.4) is 0 Å². The molecule has 0 fully saturated rings. The highest BCUT2D eigenvalue weighted by atomic mass is 32.2. The molecule has 1 amide bonds. The highest BCUT2D eigenvalue weighted by Crippen LogP contribution is 2.23. The van der Waals surface area contributed by atoms with Gasteiger partial charge in [-0.2, -0.15) is 4.99 Å². The van der Waals surface area contributed by atoms with Gasteiger partial charge in [0.25, 0.3) is 5.91 Å². The predicted molar refractivity (Wildman–Crippen MR) is 78.8 cm³/mol. The highest BCUT2D eigenvalue weighted by molar-refractivity contribution is 8.14. The minimum atomic E-state index is -0.0451. The number of aliphatic imine (C=N–C) groups is 1. The molecule has 0 bridgehead atoms. The van der Waals surface area contributed by atoms with Crippen LogP contribution >= 0.6 is 11.8 Å². The average molecular weight is 278 g/mol. The maximum absolute atomic E-state index is 11.2. The molecule has 1 aliphatic rings. The van der Waals surface area contributed by atoms with Gasteiger partial charge in [-0.25, -0.2) is 0 Å². The summed E-state index contributed by atoms with van der Waals surface area (Å²) in [5.41, 5.74) is 1.17. The second-order valence-corrected chi connectivity index (χ2v) is 5.50. The van der Waals surface area contributed by atoms with Crippen LogP contribution in [0, 0.1) is 0 Å². The van der Waals surface area contributed by atoms with Crippen LogP contribution in [0.2, 0.25) is 0 Å². The summed E-state index contributed by atoms with van der Waals surface area (Å²) in [7, 11) is 3.66. The van der Waals surface area contributed by atoms with Crippen molar-refractivity contribution in [2.24, 2.45) is 4.99 Å². The Kier molecular flexibility index (Phi) is 4.47. The fourth-order valence-corrected chi connectivity index (χ4v) is 2.86. The van der Waals surface area contributed by atoms with Crippen molar-refractivity contribution in [3.63, 3.8) is 0 Å². The molecule has 0 spiro atoms. The number of benzene rings is 1. The van der Waals surface area contributed by atoms with E-state index in [0.717, 1.165) is 17.3 Å². The molecule has 4 nitrogen and oxygen atoms in total. The zero-order chi connectivity index (χ0) is 13.8. The third-order valence-electron chi connectivity index (χ3n) is 3.22.